The van der Waals surface area contributed by atoms with Crippen molar-refractivity contribution in [3.05, 3.63) is 28.8 Å². The molecule has 1 aromatic rings. The Morgan fingerprint density at radius 3 is 2.69 bits per heavy atom. The number of halogens is 1. The van der Waals surface area contributed by atoms with Crippen molar-refractivity contribution in [2.24, 2.45) is 11.7 Å². The Morgan fingerprint density at radius 1 is 1.44 bits per heavy atom. The van der Waals surface area contributed by atoms with E-state index in [4.69, 9.17) is 17.3 Å². The first-order chi connectivity index (χ1) is 7.70. The lowest BCUT2D eigenvalue weighted by molar-refractivity contribution is 0.321. The highest BCUT2D eigenvalue weighted by atomic mass is 35.5. The summed E-state index contributed by atoms with van der Waals surface area (Å²) in [4.78, 5) is 2.29. The molecule has 0 amide bonds. The molecule has 0 unspecified atom stereocenters. The van der Waals surface area contributed by atoms with E-state index < -0.39 is 0 Å². The minimum atomic E-state index is 0.505. The Labute approximate surface area is 102 Å². The third-order valence-corrected chi connectivity index (χ3v) is 3.81. The van der Waals surface area contributed by atoms with Gasteiger partial charge in [0.15, 0.2) is 0 Å². The van der Waals surface area contributed by atoms with Gasteiger partial charge in [-0.05, 0) is 36.5 Å². The number of anilines is 1. The molecule has 0 bridgehead atoms. The van der Waals surface area contributed by atoms with Crippen LogP contribution < -0.4 is 10.6 Å². The SMILES string of the molecule is CN(CC1CCC1)c1ccc(CN)c(Cl)c1. The van der Waals surface area contributed by atoms with Crippen molar-refractivity contribution in [2.75, 3.05) is 18.5 Å². The van der Waals surface area contributed by atoms with Crippen molar-refractivity contribution >= 4 is 17.3 Å². The van der Waals surface area contributed by atoms with Gasteiger partial charge in [0.05, 0.1) is 0 Å². The van der Waals surface area contributed by atoms with Crippen molar-refractivity contribution in [1.82, 2.24) is 0 Å². The third-order valence-electron chi connectivity index (χ3n) is 3.45. The fourth-order valence-corrected chi connectivity index (χ4v) is 2.36. The highest BCUT2D eigenvalue weighted by molar-refractivity contribution is 6.31. The van der Waals surface area contributed by atoms with Gasteiger partial charge in [-0.2, -0.15) is 0 Å². The molecule has 0 heterocycles. The van der Waals surface area contributed by atoms with Gasteiger partial charge >= 0.3 is 0 Å². The van der Waals surface area contributed by atoms with Crippen LogP contribution in [0.3, 0.4) is 0 Å². The highest BCUT2D eigenvalue weighted by Crippen LogP contribution is 2.29. The van der Waals surface area contributed by atoms with Gasteiger partial charge in [-0.1, -0.05) is 24.1 Å². The third kappa shape index (κ3) is 2.50. The van der Waals surface area contributed by atoms with Crippen LogP contribution >= 0.6 is 11.6 Å². The van der Waals surface area contributed by atoms with Crippen molar-refractivity contribution in [3.63, 3.8) is 0 Å². The molecule has 2 rings (SSSR count). The predicted octanol–water partition coefficient (Wildman–Crippen LogP) is 3.04. The van der Waals surface area contributed by atoms with E-state index in [9.17, 15) is 0 Å². The minimum absolute atomic E-state index is 0.505. The van der Waals surface area contributed by atoms with Gasteiger partial charge in [-0.25, -0.2) is 0 Å². The van der Waals surface area contributed by atoms with Crippen LogP contribution in [-0.4, -0.2) is 13.6 Å². The van der Waals surface area contributed by atoms with Crippen molar-refractivity contribution in [1.29, 1.82) is 0 Å². The van der Waals surface area contributed by atoms with Gasteiger partial charge in [0.2, 0.25) is 0 Å². The molecule has 0 spiro atoms. The molecule has 1 aromatic carbocycles. The number of nitrogens with two attached hydrogens (primary N) is 1. The molecule has 16 heavy (non-hydrogen) atoms. The van der Waals surface area contributed by atoms with Gasteiger partial charge in [0.1, 0.15) is 0 Å². The summed E-state index contributed by atoms with van der Waals surface area (Å²) in [5, 5.41) is 0.778. The van der Waals surface area contributed by atoms with Crippen LogP contribution in [0.4, 0.5) is 5.69 Å². The quantitative estimate of drug-likeness (QED) is 0.874. The summed E-state index contributed by atoms with van der Waals surface area (Å²) < 4.78 is 0. The molecule has 2 nitrogen and oxygen atoms in total. The van der Waals surface area contributed by atoms with Crippen LogP contribution in [0.15, 0.2) is 18.2 Å². The van der Waals surface area contributed by atoms with Crippen LogP contribution in [0.2, 0.25) is 5.02 Å². The molecule has 1 aliphatic rings. The van der Waals surface area contributed by atoms with E-state index in [2.05, 4.69) is 18.0 Å². The first-order valence-corrected chi connectivity index (χ1v) is 6.28. The first-order valence-electron chi connectivity index (χ1n) is 5.90. The molecule has 1 aliphatic carbocycles. The number of rotatable bonds is 4. The summed E-state index contributed by atoms with van der Waals surface area (Å²) in [7, 11) is 2.13. The first kappa shape index (κ1) is 11.7. The standard InChI is InChI=1S/C13H19ClN2/c1-16(9-10-3-2-4-10)12-6-5-11(8-15)13(14)7-12/h5-7,10H,2-4,8-9,15H2,1H3. The molecule has 3 heteroatoms. The Bertz CT molecular complexity index is 361. The van der Waals surface area contributed by atoms with Crippen molar-refractivity contribution in [3.8, 4) is 0 Å². The zero-order valence-corrected chi connectivity index (χ0v) is 10.5. The average molecular weight is 239 g/mol. The second-order valence-corrected chi connectivity index (χ2v) is 5.06. The van der Waals surface area contributed by atoms with E-state index in [1.54, 1.807) is 0 Å². The Morgan fingerprint density at radius 2 is 2.19 bits per heavy atom. The second kappa shape index (κ2) is 5.07. The summed E-state index contributed by atoms with van der Waals surface area (Å²) in [6.45, 7) is 1.64. The molecule has 0 aliphatic heterocycles. The van der Waals surface area contributed by atoms with Gasteiger partial charge in [0.25, 0.3) is 0 Å². The summed E-state index contributed by atoms with van der Waals surface area (Å²) in [5.74, 6) is 0.873. The lowest BCUT2D eigenvalue weighted by Gasteiger charge is -2.31. The van der Waals surface area contributed by atoms with E-state index in [0.29, 0.717) is 6.54 Å². The molecule has 0 saturated heterocycles. The Balaban J connectivity index is 2.04. The Hall–Kier alpha value is -0.730. The molecule has 0 atom stereocenters. The van der Waals surface area contributed by atoms with Crippen LogP contribution in [0.25, 0.3) is 0 Å². The Kier molecular flexibility index (Phi) is 3.72. The van der Waals surface area contributed by atoms with Crippen molar-refractivity contribution in [2.45, 2.75) is 25.8 Å². The molecule has 1 fully saturated rings. The monoisotopic (exact) mass is 238 g/mol. The summed E-state index contributed by atoms with van der Waals surface area (Å²) in [5.41, 5.74) is 7.80. The van der Waals surface area contributed by atoms with Gasteiger partial charge in [-0.15, -0.1) is 0 Å². The minimum Gasteiger partial charge on any atom is -0.374 e. The lowest BCUT2D eigenvalue weighted by Crippen LogP contribution is -2.29. The normalized spacial score (nSPS) is 15.9. The average Bonchev–Trinajstić information content (AvgIpc) is 2.23. The number of hydrogen-bond donors (Lipinski definition) is 1. The number of nitrogens with zero attached hydrogens (tertiary/aromatic N) is 1. The fraction of sp³-hybridized carbons (Fsp3) is 0.538. The van der Waals surface area contributed by atoms with Gasteiger partial charge in [0, 0.05) is 30.8 Å². The van der Waals surface area contributed by atoms with Crippen molar-refractivity contribution < 1.29 is 0 Å². The van der Waals surface area contributed by atoms with Crippen LogP contribution in [0.5, 0.6) is 0 Å². The van der Waals surface area contributed by atoms with E-state index in [0.717, 1.165) is 23.0 Å². The van der Waals surface area contributed by atoms with E-state index in [1.807, 2.05) is 12.1 Å². The summed E-state index contributed by atoms with van der Waals surface area (Å²) in [6, 6.07) is 6.14. The molecular weight excluding hydrogens is 220 g/mol. The predicted molar refractivity (Wildman–Crippen MR) is 70.0 cm³/mol. The molecular formula is C13H19ClN2. The lowest BCUT2D eigenvalue weighted by atomic mass is 9.85. The van der Waals surface area contributed by atoms with Gasteiger partial charge in [-0.3, -0.25) is 0 Å². The largest absolute Gasteiger partial charge is 0.374 e. The topological polar surface area (TPSA) is 29.3 Å². The number of hydrogen-bond acceptors (Lipinski definition) is 2. The molecule has 0 radical (unpaired) electrons. The fourth-order valence-electron chi connectivity index (χ4n) is 2.11. The van der Waals surface area contributed by atoms with Crippen LogP contribution in [0.1, 0.15) is 24.8 Å². The maximum atomic E-state index is 6.15. The zero-order valence-electron chi connectivity index (χ0n) is 9.75. The molecule has 1 saturated carbocycles. The highest BCUT2D eigenvalue weighted by Gasteiger charge is 2.19. The molecule has 0 aromatic heterocycles. The number of benzene rings is 1. The van der Waals surface area contributed by atoms with E-state index in [-0.39, 0.29) is 0 Å². The summed E-state index contributed by atoms with van der Waals surface area (Å²) >= 11 is 6.15. The maximum absolute atomic E-state index is 6.15. The molecule has 88 valence electrons. The zero-order chi connectivity index (χ0) is 11.5. The summed E-state index contributed by atoms with van der Waals surface area (Å²) in [6.07, 6.45) is 4.14. The molecule has 2 N–H and O–H groups in total. The van der Waals surface area contributed by atoms with E-state index in [1.165, 1.54) is 24.9 Å². The van der Waals surface area contributed by atoms with Gasteiger partial charge < -0.3 is 10.6 Å². The second-order valence-electron chi connectivity index (χ2n) is 4.66. The van der Waals surface area contributed by atoms with Crippen LogP contribution in [0, 0.1) is 5.92 Å². The maximum Gasteiger partial charge on any atom is 0.0471 e. The van der Waals surface area contributed by atoms with Crippen LogP contribution in [-0.2, 0) is 6.54 Å². The van der Waals surface area contributed by atoms with E-state index >= 15 is 0 Å². The smallest absolute Gasteiger partial charge is 0.0471 e.